The highest BCUT2D eigenvalue weighted by Crippen LogP contribution is 2.24. The predicted octanol–water partition coefficient (Wildman–Crippen LogP) is 2.03. The van der Waals surface area contributed by atoms with Gasteiger partial charge in [-0.3, -0.25) is 4.79 Å². The van der Waals surface area contributed by atoms with Crippen LogP contribution >= 0.6 is 0 Å². The Balaban J connectivity index is 1.44. The Kier molecular flexibility index (Phi) is 5.22. The molecule has 1 atom stereocenters. The Morgan fingerprint density at radius 2 is 2.03 bits per heavy atom. The third-order valence-electron chi connectivity index (χ3n) is 4.65. The lowest BCUT2D eigenvalue weighted by molar-refractivity contribution is -0.141. The van der Waals surface area contributed by atoms with Crippen LogP contribution in [0.4, 0.5) is 10.2 Å². The largest absolute Gasteiger partial charge is 0.484 e. The van der Waals surface area contributed by atoms with E-state index in [1.54, 1.807) is 11.8 Å². The number of carbonyl (C=O) groups is 1. The Hall–Kier alpha value is -3.33. The molecule has 3 heterocycles. The number of hydrogen-bond acceptors (Lipinski definition) is 7. The van der Waals surface area contributed by atoms with Crippen LogP contribution in [0.1, 0.15) is 17.6 Å². The monoisotopic (exact) mass is 397 g/mol. The summed E-state index contributed by atoms with van der Waals surface area (Å²) in [5.41, 5.74) is 7.10. The number of aromatic nitrogens is 3. The molecule has 29 heavy (non-hydrogen) atoms. The van der Waals surface area contributed by atoms with Gasteiger partial charge in [0.15, 0.2) is 12.3 Å². The Morgan fingerprint density at radius 1 is 1.24 bits per heavy atom. The van der Waals surface area contributed by atoms with E-state index < -0.39 is 0 Å². The fraction of sp³-hybridized carbons (Fsp3) is 0.300. The molecule has 1 amide bonds. The van der Waals surface area contributed by atoms with Gasteiger partial charge in [0.2, 0.25) is 0 Å². The van der Waals surface area contributed by atoms with E-state index >= 15 is 0 Å². The molecule has 150 valence electrons. The fourth-order valence-electron chi connectivity index (χ4n) is 3.16. The van der Waals surface area contributed by atoms with E-state index in [0.29, 0.717) is 53.8 Å². The van der Waals surface area contributed by atoms with Crippen molar-refractivity contribution in [3.05, 3.63) is 53.7 Å². The number of rotatable bonds is 4. The lowest BCUT2D eigenvalue weighted by atomic mass is 10.1. The molecule has 1 aliphatic heterocycles. The summed E-state index contributed by atoms with van der Waals surface area (Å²) >= 11 is 0. The van der Waals surface area contributed by atoms with E-state index in [9.17, 15) is 9.18 Å². The molecule has 9 heteroatoms. The number of anilines is 1. The number of ether oxygens (including phenoxy) is 2. The van der Waals surface area contributed by atoms with Crippen molar-refractivity contribution in [1.82, 2.24) is 19.9 Å². The first-order valence-corrected chi connectivity index (χ1v) is 9.18. The maximum absolute atomic E-state index is 13.0. The number of fused-ring (bicyclic) bond motifs is 1. The molecule has 0 spiro atoms. The first-order valence-electron chi connectivity index (χ1n) is 9.18. The SMILES string of the molecule is Cc1nc(N)c2ccc([C@@H]3CN(C(=O)COc4ccc(F)cc4)CCO3)nc2n1. The van der Waals surface area contributed by atoms with Crippen molar-refractivity contribution < 1.29 is 18.7 Å². The number of nitrogen functional groups attached to an aromatic ring is 1. The standard InChI is InChI=1S/C20H20FN5O3/c1-12-23-19(22)15-6-7-16(25-20(15)24-12)17-10-26(8-9-28-17)18(27)11-29-14-4-2-13(21)3-5-14/h2-7,17H,8-11H2,1H3,(H2,22,23,24,25)/t17-/m0/s1. The van der Waals surface area contributed by atoms with Gasteiger partial charge in [-0.05, 0) is 43.3 Å². The van der Waals surface area contributed by atoms with E-state index in [-0.39, 0.29) is 24.4 Å². The predicted molar refractivity (Wildman–Crippen MR) is 104 cm³/mol. The minimum absolute atomic E-state index is 0.132. The lowest BCUT2D eigenvalue weighted by Gasteiger charge is -2.32. The molecular formula is C20H20FN5O3. The van der Waals surface area contributed by atoms with Crippen LogP contribution in [0.2, 0.25) is 0 Å². The summed E-state index contributed by atoms with van der Waals surface area (Å²) in [6.45, 7) is 2.82. The molecule has 0 bridgehead atoms. The Bertz CT molecular complexity index is 1040. The van der Waals surface area contributed by atoms with E-state index in [0.717, 1.165) is 0 Å². The summed E-state index contributed by atoms with van der Waals surface area (Å²) in [4.78, 5) is 27.2. The highest BCUT2D eigenvalue weighted by atomic mass is 19.1. The van der Waals surface area contributed by atoms with Gasteiger partial charge in [-0.2, -0.15) is 0 Å². The molecule has 0 aliphatic carbocycles. The van der Waals surface area contributed by atoms with E-state index in [4.69, 9.17) is 15.2 Å². The Morgan fingerprint density at radius 3 is 2.83 bits per heavy atom. The number of hydrogen-bond donors (Lipinski definition) is 1. The van der Waals surface area contributed by atoms with Crippen LogP contribution in [0.5, 0.6) is 5.75 Å². The van der Waals surface area contributed by atoms with Crippen LogP contribution < -0.4 is 10.5 Å². The van der Waals surface area contributed by atoms with E-state index in [1.165, 1.54) is 24.3 Å². The van der Waals surface area contributed by atoms with Crippen LogP contribution in [0.3, 0.4) is 0 Å². The number of benzene rings is 1. The van der Waals surface area contributed by atoms with Crippen molar-refractivity contribution in [3.8, 4) is 5.75 Å². The number of morpholine rings is 1. The zero-order valence-corrected chi connectivity index (χ0v) is 15.8. The molecule has 1 aliphatic rings. The Labute approximate surface area is 166 Å². The van der Waals surface area contributed by atoms with Crippen LogP contribution in [0.15, 0.2) is 36.4 Å². The minimum atomic E-state index is -0.376. The highest BCUT2D eigenvalue weighted by Gasteiger charge is 2.27. The van der Waals surface area contributed by atoms with Gasteiger partial charge in [0, 0.05) is 6.54 Å². The molecule has 0 saturated carbocycles. The molecule has 1 fully saturated rings. The average molecular weight is 397 g/mol. The normalized spacial score (nSPS) is 16.8. The number of amides is 1. The highest BCUT2D eigenvalue weighted by molar-refractivity contribution is 5.85. The smallest absolute Gasteiger partial charge is 0.260 e. The molecule has 0 unspecified atom stereocenters. The van der Waals surface area contributed by atoms with Crippen LogP contribution in [-0.4, -0.2) is 52.1 Å². The molecule has 1 aromatic carbocycles. The molecule has 2 N–H and O–H groups in total. The number of pyridine rings is 1. The molecule has 8 nitrogen and oxygen atoms in total. The summed E-state index contributed by atoms with van der Waals surface area (Å²) in [6, 6.07) is 9.17. The summed E-state index contributed by atoms with van der Waals surface area (Å²) < 4.78 is 24.2. The third kappa shape index (κ3) is 4.24. The summed E-state index contributed by atoms with van der Waals surface area (Å²) in [5, 5.41) is 0.677. The van der Waals surface area contributed by atoms with Gasteiger partial charge in [0.25, 0.3) is 5.91 Å². The van der Waals surface area contributed by atoms with Gasteiger partial charge in [0.05, 0.1) is 24.2 Å². The molecule has 1 saturated heterocycles. The van der Waals surface area contributed by atoms with Gasteiger partial charge < -0.3 is 20.1 Å². The van der Waals surface area contributed by atoms with Gasteiger partial charge in [-0.1, -0.05) is 0 Å². The first-order chi connectivity index (χ1) is 14.0. The second-order valence-electron chi connectivity index (χ2n) is 6.71. The lowest BCUT2D eigenvalue weighted by Crippen LogP contribution is -2.44. The van der Waals surface area contributed by atoms with Crippen LogP contribution in [-0.2, 0) is 9.53 Å². The molecule has 0 radical (unpaired) electrons. The van der Waals surface area contributed by atoms with E-state index in [1.807, 2.05) is 12.1 Å². The van der Waals surface area contributed by atoms with Crippen molar-refractivity contribution in [2.75, 3.05) is 32.0 Å². The van der Waals surface area contributed by atoms with E-state index in [2.05, 4.69) is 15.0 Å². The van der Waals surface area contributed by atoms with Crippen LogP contribution in [0, 0.1) is 12.7 Å². The van der Waals surface area contributed by atoms with Crippen molar-refractivity contribution in [3.63, 3.8) is 0 Å². The maximum Gasteiger partial charge on any atom is 0.260 e. The second kappa shape index (κ2) is 7.96. The molecule has 2 aromatic heterocycles. The zero-order valence-electron chi connectivity index (χ0n) is 15.8. The number of nitrogens with two attached hydrogens (primary N) is 1. The minimum Gasteiger partial charge on any atom is -0.484 e. The number of nitrogens with zero attached hydrogens (tertiary/aromatic N) is 4. The van der Waals surface area contributed by atoms with Crippen LogP contribution in [0.25, 0.3) is 11.0 Å². The fourth-order valence-corrected chi connectivity index (χ4v) is 3.16. The molecule has 3 aromatic rings. The summed E-state index contributed by atoms with van der Waals surface area (Å²) in [6.07, 6.45) is -0.376. The number of halogens is 1. The zero-order chi connectivity index (χ0) is 20.4. The summed E-state index contributed by atoms with van der Waals surface area (Å²) in [5.74, 6) is 0.828. The second-order valence-corrected chi connectivity index (χ2v) is 6.71. The first kappa shape index (κ1) is 19.0. The quantitative estimate of drug-likeness (QED) is 0.718. The topological polar surface area (TPSA) is 103 Å². The molecule has 4 rings (SSSR count). The number of aryl methyl sites for hydroxylation is 1. The summed E-state index contributed by atoms with van der Waals surface area (Å²) in [7, 11) is 0. The third-order valence-corrected chi connectivity index (χ3v) is 4.65. The van der Waals surface area contributed by atoms with Crippen molar-refractivity contribution in [2.24, 2.45) is 0 Å². The average Bonchev–Trinajstić information content (AvgIpc) is 2.72. The van der Waals surface area contributed by atoms with Gasteiger partial charge in [-0.25, -0.2) is 19.3 Å². The van der Waals surface area contributed by atoms with Gasteiger partial charge in [-0.15, -0.1) is 0 Å². The van der Waals surface area contributed by atoms with Crippen molar-refractivity contribution in [1.29, 1.82) is 0 Å². The van der Waals surface area contributed by atoms with Gasteiger partial charge in [0.1, 0.15) is 29.3 Å². The number of carbonyl (C=O) groups excluding carboxylic acids is 1. The van der Waals surface area contributed by atoms with Gasteiger partial charge >= 0.3 is 0 Å². The molecular weight excluding hydrogens is 377 g/mol. The van der Waals surface area contributed by atoms with Crippen molar-refractivity contribution in [2.45, 2.75) is 13.0 Å². The van der Waals surface area contributed by atoms with Crippen molar-refractivity contribution >= 4 is 22.8 Å². The maximum atomic E-state index is 13.0.